The molecule has 0 radical (unpaired) electrons. The fourth-order valence-electron chi connectivity index (χ4n) is 1.45. The summed E-state index contributed by atoms with van der Waals surface area (Å²) in [6, 6.07) is 7.60. The van der Waals surface area contributed by atoms with Crippen LogP contribution in [0.3, 0.4) is 0 Å². The number of carbonyl (C=O) groups is 1. The Morgan fingerprint density at radius 2 is 1.89 bits per heavy atom. The normalized spacial score (nSPS) is 9.58. The first kappa shape index (κ1) is 17.9. The van der Waals surface area contributed by atoms with E-state index in [9.17, 15) is 4.79 Å². The van der Waals surface area contributed by atoms with Crippen molar-refractivity contribution < 1.29 is 4.79 Å². The molecule has 1 aromatic rings. The van der Waals surface area contributed by atoms with Gasteiger partial charge in [-0.05, 0) is 31.2 Å². The fourth-order valence-corrected chi connectivity index (χ4v) is 1.45. The second kappa shape index (κ2) is 10.8. The molecule has 108 valence electrons. The molecule has 1 rings (SSSR count). The van der Waals surface area contributed by atoms with Crippen molar-refractivity contribution >= 4 is 28.7 Å². The molecule has 0 aliphatic rings. The van der Waals surface area contributed by atoms with Crippen molar-refractivity contribution in [2.24, 2.45) is 0 Å². The molecule has 0 atom stereocenters. The Bertz CT molecular complexity index is 356. The van der Waals surface area contributed by atoms with Crippen LogP contribution in [0.5, 0.6) is 0 Å². The van der Waals surface area contributed by atoms with Crippen LogP contribution in [0.4, 0.5) is 10.5 Å². The van der Waals surface area contributed by atoms with E-state index in [1.165, 1.54) is 0 Å². The molecule has 0 aliphatic carbocycles. The summed E-state index contributed by atoms with van der Waals surface area (Å²) in [5, 5.41) is 5.61. The number of hydrazine groups is 1. The van der Waals surface area contributed by atoms with Crippen LogP contribution < -0.4 is 21.5 Å². The molecule has 0 heterocycles. The Labute approximate surface area is 125 Å². The van der Waals surface area contributed by atoms with E-state index in [-0.39, 0.29) is 23.0 Å². The van der Waals surface area contributed by atoms with Gasteiger partial charge in [-0.3, -0.25) is 10.9 Å². The van der Waals surface area contributed by atoms with E-state index in [1.807, 2.05) is 31.3 Å². The smallest absolute Gasteiger partial charge is 0.319 e. The van der Waals surface area contributed by atoms with Crippen molar-refractivity contribution in [1.29, 1.82) is 0 Å². The minimum atomic E-state index is -0.149. The van der Waals surface area contributed by atoms with Gasteiger partial charge in [0.25, 0.3) is 0 Å². The predicted molar refractivity (Wildman–Crippen MR) is 84.6 cm³/mol. The number of carbonyl (C=O) groups excluding carboxylic acids is 1. The van der Waals surface area contributed by atoms with Gasteiger partial charge in [0.1, 0.15) is 0 Å². The third-order valence-corrected chi connectivity index (χ3v) is 2.50. The van der Waals surface area contributed by atoms with Gasteiger partial charge in [-0.1, -0.05) is 25.5 Å². The van der Waals surface area contributed by atoms with Crippen LogP contribution in [-0.4, -0.2) is 19.6 Å². The fraction of sp³-hybridized carbons (Fsp3) is 0.462. The molecule has 0 bridgehead atoms. The summed E-state index contributed by atoms with van der Waals surface area (Å²) in [4.78, 5) is 11.5. The highest BCUT2D eigenvalue weighted by atomic mass is 79.9. The topological polar surface area (TPSA) is 65.2 Å². The van der Waals surface area contributed by atoms with Crippen LogP contribution in [0.2, 0.25) is 0 Å². The lowest BCUT2D eigenvalue weighted by Gasteiger charge is -2.08. The number of urea groups is 1. The molecule has 2 amide bonds. The molecule has 4 N–H and O–H groups in total. The lowest BCUT2D eigenvalue weighted by Crippen LogP contribution is -2.29. The van der Waals surface area contributed by atoms with Gasteiger partial charge in [-0.15, -0.1) is 17.0 Å². The van der Waals surface area contributed by atoms with Crippen molar-refractivity contribution in [3.8, 4) is 0 Å². The zero-order chi connectivity index (χ0) is 13.2. The molecule has 0 unspecified atom stereocenters. The van der Waals surface area contributed by atoms with Gasteiger partial charge in [-0.25, -0.2) is 4.79 Å². The van der Waals surface area contributed by atoms with Crippen LogP contribution in [0.15, 0.2) is 24.3 Å². The largest absolute Gasteiger partial charge is 0.338 e. The molecular weight excluding hydrogens is 308 g/mol. The number of hydrogen-bond donors (Lipinski definition) is 4. The molecule has 0 spiro atoms. The van der Waals surface area contributed by atoms with Gasteiger partial charge >= 0.3 is 6.03 Å². The summed E-state index contributed by atoms with van der Waals surface area (Å²) in [6.07, 6.45) is 2.08. The van der Waals surface area contributed by atoms with E-state index in [0.29, 0.717) is 6.54 Å². The summed E-state index contributed by atoms with van der Waals surface area (Å²) < 4.78 is 0. The summed E-state index contributed by atoms with van der Waals surface area (Å²) in [7, 11) is 1.83. The molecule has 0 saturated heterocycles. The van der Waals surface area contributed by atoms with Crippen molar-refractivity contribution in [3.63, 3.8) is 0 Å². The number of rotatable bonds is 7. The number of benzene rings is 1. The van der Waals surface area contributed by atoms with Crippen LogP contribution in [0, 0.1) is 0 Å². The van der Waals surface area contributed by atoms with E-state index < -0.39 is 0 Å². The lowest BCUT2D eigenvalue weighted by atomic mass is 10.2. The molecule has 0 aliphatic heterocycles. The average molecular weight is 331 g/mol. The van der Waals surface area contributed by atoms with E-state index >= 15 is 0 Å². The lowest BCUT2D eigenvalue weighted by molar-refractivity contribution is 0.252. The molecular formula is C13H23BrN4O. The van der Waals surface area contributed by atoms with E-state index in [1.54, 1.807) is 0 Å². The first-order valence-electron chi connectivity index (χ1n) is 6.29. The summed E-state index contributed by atoms with van der Waals surface area (Å²) in [5.41, 5.74) is 7.83. The number of amides is 2. The number of unbranched alkanes of at least 4 members (excludes halogenated alkanes) is 1. The van der Waals surface area contributed by atoms with Crippen molar-refractivity contribution in [1.82, 2.24) is 16.2 Å². The van der Waals surface area contributed by atoms with Crippen LogP contribution >= 0.6 is 17.0 Å². The maximum absolute atomic E-state index is 11.5. The molecule has 6 heteroatoms. The summed E-state index contributed by atoms with van der Waals surface area (Å²) >= 11 is 0. The Kier molecular flexibility index (Phi) is 10.1. The Balaban J connectivity index is 0.00000324. The zero-order valence-electron chi connectivity index (χ0n) is 11.5. The number of halogens is 1. The molecule has 0 aromatic heterocycles. The van der Waals surface area contributed by atoms with Crippen molar-refractivity contribution in [2.45, 2.75) is 26.3 Å². The highest BCUT2D eigenvalue weighted by Crippen LogP contribution is 2.09. The zero-order valence-corrected chi connectivity index (χ0v) is 13.2. The van der Waals surface area contributed by atoms with Crippen molar-refractivity contribution in [2.75, 3.05) is 18.9 Å². The number of anilines is 1. The first-order chi connectivity index (χ1) is 8.76. The maximum Gasteiger partial charge on any atom is 0.319 e. The molecule has 1 aromatic carbocycles. The monoisotopic (exact) mass is 330 g/mol. The highest BCUT2D eigenvalue weighted by Gasteiger charge is 2.00. The van der Waals surface area contributed by atoms with Gasteiger partial charge in [0, 0.05) is 18.8 Å². The summed E-state index contributed by atoms with van der Waals surface area (Å²) in [5.74, 6) is 0. The molecule has 0 saturated carbocycles. The standard InChI is InChI=1S/C13H22N4O.BrH/c1-3-4-9-15-13(18)17-12-7-5-11(6-8-12)10-16-14-2;/h5-8,14,16H,3-4,9-10H2,1-2H3,(H2,15,17,18);1H. The minimum Gasteiger partial charge on any atom is -0.338 e. The van der Waals surface area contributed by atoms with Crippen LogP contribution in [0.25, 0.3) is 0 Å². The van der Waals surface area contributed by atoms with Gasteiger partial charge in [0.05, 0.1) is 0 Å². The van der Waals surface area contributed by atoms with E-state index in [2.05, 4.69) is 28.4 Å². The third kappa shape index (κ3) is 7.81. The van der Waals surface area contributed by atoms with Crippen LogP contribution in [-0.2, 0) is 6.54 Å². The third-order valence-electron chi connectivity index (χ3n) is 2.50. The second-order valence-electron chi connectivity index (χ2n) is 4.03. The average Bonchev–Trinajstić information content (AvgIpc) is 2.38. The Hall–Kier alpha value is -1.11. The van der Waals surface area contributed by atoms with Gasteiger partial charge in [0.15, 0.2) is 0 Å². The summed E-state index contributed by atoms with van der Waals surface area (Å²) in [6.45, 7) is 3.56. The van der Waals surface area contributed by atoms with Crippen molar-refractivity contribution in [3.05, 3.63) is 29.8 Å². The highest BCUT2D eigenvalue weighted by molar-refractivity contribution is 8.93. The van der Waals surface area contributed by atoms with Gasteiger partial charge < -0.3 is 10.6 Å². The Morgan fingerprint density at radius 1 is 1.21 bits per heavy atom. The predicted octanol–water partition coefficient (Wildman–Crippen LogP) is 2.41. The molecule has 19 heavy (non-hydrogen) atoms. The SMILES string of the molecule is Br.CCCCNC(=O)Nc1ccc(CNNC)cc1. The molecule has 5 nitrogen and oxygen atoms in total. The first-order valence-corrected chi connectivity index (χ1v) is 6.29. The second-order valence-corrected chi connectivity index (χ2v) is 4.03. The minimum absolute atomic E-state index is 0. The number of hydrogen-bond acceptors (Lipinski definition) is 3. The van der Waals surface area contributed by atoms with Gasteiger partial charge in [-0.2, -0.15) is 0 Å². The van der Waals surface area contributed by atoms with Crippen LogP contribution in [0.1, 0.15) is 25.3 Å². The maximum atomic E-state index is 11.5. The quantitative estimate of drug-likeness (QED) is 0.458. The van der Waals surface area contributed by atoms with E-state index in [4.69, 9.17) is 0 Å². The van der Waals surface area contributed by atoms with E-state index in [0.717, 1.165) is 30.6 Å². The molecule has 0 fully saturated rings. The van der Waals surface area contributed by atoms with Gasteiger partial charge in [0.2, 0.25) is 0 Å². The Morgan fingerprint density at radius 3 is 2.47 bits per heavy atom. The number of nitrogens with one attached hydrogen (secondary N) is 4.